The van der Waals surface area contributed by atoms with Crippen molar-refractivity contribution in [3.05, 3.63) is 16.5 Å². The SMILES string of the molecule is Cc1noc(Cl)c1CCC(=O)N1CCO[C@@H]2CCN(C)C[C@@H]21. The van der Waals surface area contributed by atoms with Crippen molar-refractivity contribution in [1.29, 1.82) is 0 Å². The van der Waals surface area contributed by atoms with Crippen molar-refractivity contribution in [2.24, 2.45) is 0 Å². The molecule has 2 saturated heterocycles. The van der Waals surface area contributed by atoms with Crippen LogP contribution in [0, 0.1) is 6.92 Å². The van der Waals surface area contributed by atoms with Gasteiger partial charge in [-0.15, -0.1) is 0 Å². The summed E-state index contributed by atoms with van der Waals surface area (Å²) in [5.41, 5.74) is 1.59. The molecule has 1 amide bonds. The van der Waals surface area contributed by atoms with Gasteiger partial charge < -0.3 is 19.1 Å². The Morgan fingerprint density at radius 2 is 2.27 bits per heavy atom. The molecule has 6 nitrogen and oxygen atoms in total. The first-order valence-corrected chi connectivity index (χ1v) is 8.14. The predicted molar refractivity (Wildman–Crippen MR) is 81.9 cm³/mol. The predicted octanol–water partition coefficient (Wildman–Crippen LogP) is 1.50. The maximum atomic E-state index is 12.6. The second-order valence-corrected chi connectivity index (χ2v) is 6.48. The highest BCUT2D eigenvalue weighted by molar-refractivity contribution is 6.29. The van der Waals surface area contributed by atoms with Crippen molar-refractivity contribution in [3.63, 3.8) is 0 Å². The monoisotopic (exact) mass is 327 g/mol. The molecule has 3 rings (SSSR count). The number of morpholine rings is 1. The lowest BCUT2D eigenvalue weighted by Gasteiger charge is -2.46. The molecule has 122 valence electrons. The van der Waals surface area contributed by atoms with Crippen LogP contribution in [-0.2, 0) is 16.0 Å². The minimum Gasteiger partial charge on any atom is -0.374 e. The third-order valence-corrected chi connectivity index (χ3v) is 4.93. The second kappa shape index (κ2) is 6.56. The lowest BCUT2D eigenvalue weighted by Crippen LogP contribution is -2.60. The summed E-state index contributed by atoms with van der Waals surface area (Å²) >= 11 is 5.96. The summed E-state index contributed by atoms with van der Waals surface area (Å²) in [6, 6.07) is 0.166. The Balaban J connectivity index is 1.63. The maximum absolute atomic E-state index is 12.6. The molecule has 1 aromatic heterocycles. The molecular formula is C15H22ClN3O3. The fraction of sp³-hybridized carbons (Fsp3) is 0.733. The number of hydrogen-bond acceptors (Lipinski definition) is 5. The molecule has 0 bridgehead atoms. The number of nitrogens with zero attached hydrogens (tertiary/aromatic N) is 3. The van der Waals surface area contributed by atoms with Crippen LogP contribution in [0.5, 0.6) is 0 Å². The summed E-state index contributed by atoms with van der Waals surface area (Å²) < 4.78 is 10.8. The van der Waals surface area contributed by atoms with Crippen LogP contribution in [-0.4, -0.2) is 66.3 Å². The van der Waals surface area contributed by atoms with Gasteiger partial charge in [-0.05, 0) is 38.4 Å². The number of hydrogen-bond donors (Lipinski definition) is 0. The Labute approximate surface area is 135 Å². The molecule has 3 heterocycles. The van der Waals surface area contributed by atoms with Gasteiger partial charge in [-0.3, -0.25) is 4.79 Å². The lowest BCUT2D eigenvalue weighted by atomic mass is 9.98. The largest absolute Gasteiger partial charge is 0.374 e. The molecule has 2 fully saturated rings. The molecule has 0 unspecified atom stereocenters. The molecule has 1 aromatic rings. The van der Waals surface area contributed by atoms with Crippen molar-refractivity contribution >= 4 is 17.5 Å². The standard InChI is InChI=1S/C15H22ClN3O3/c1-10-11(15(16)22-17-10)3-4-14(20)19-7-8-21-13-5-6-18(2)9-12(13)19/h12-13H,3-9H2,1-2H3/t12-,13+/m0/s1. The van der Waals surface area contributed by atoms with E-state index >= 15 is 0 Å². The number of aryl methyl sites for hydroxylation is 1. The van der Waals surface area contributed by atoms with Crippen LogP contribution in [0.3, 0.4) is 0 Å². The van der Waals surface area contributed by atoms with Crippen LogP contribution in [0.2, 0.25) is 5.22 Å². The minimum absolute atomic E-state index is 0.158. The quantitative estimate of drug-likeness (QED) is 0.842. The van der Waals surface area contributed by atoms with Crippen molar-refractivity contribution < 1.29 is 14.1 Å². The number of rotatable bonds is 3. The maximum Gasteiger partial charge on any atom is 0.229 e. The minimum atomic E-state index is 0.158. The third-order valence-electron chi connectivity index (χ3n) is 4.63. The summed E-state index contributed by atoms with van der Waals surface area (Å²) in [7, 11) is 2.09. The number of fused-ring (bicyclic) bond motifs is 1. The van der Waals surface area contributed by atoms with Gasteiger partial charge in [0, 0.05) is 31.6 Å². The molecular weight excluding hydrogens is 306 g/mol. The number of likely N-dealkylation sites (tertiary alicyclic amines) is 1. The molecule has 7 heteroatoms. The van der Waals surface area contributed by atoms with Gasteiger partial charge in [-0.1, -0.05) is 5.16 Å². The number of likely N-dealkylation sites (N-methyl/N-ethyl adjacent to an activating group) is 1. The first kappa shape index (κ1) is 15.8. The van der Waals surface area contributed by atoms with Gasteiger partial charge >= 0.3 is 0 Å². The highest BCUT2D eigenvalue weighted by Gasteiger charge is 2.38. The van der Waals surface area contributed by atoms with E-state index in [2.05, 4.69) is 17.1 Å². The first-order valence-electron chi connectivity index (χ1n) is 7.76. The number of halogens is 1. The molecule has 0 aromatic carbocycles. The van der Waals surface area contributed by atoms with Gasteiger partial charge in [0.15, 0.2) is 0 Å². The molecule has 2 aliphatic heterocycles. The Hall–Kier alpha value is -1.11. The van der Waals surface area contributed by atoms with Crippen molar-refractivity contribution in [2.75, 3.05) is 33.3 Å². The van der Waals surface area contributed by atoms with Gasteiger partial charge in [0.2, 0.25) is 11.1 Å². The number of aromatic nitrogens is 1. The molecule has 0 aliphatic carbocycles. The van der Waals surface area contributed by atoms with E-state index in [-0.39, 0.29) is 18.1 Å². The molecule has 0 spiro atoms. The van der Waals surface area contributed by atoms with Gasteiger partial charge in [-0.25, -0.2) is 0 Å². The Morgan fingerprint density at radius 1 is 1.45 bits per heavy atom. The molecule has 0 saturated carbocycles. The molecule has 22 heavy (non-hydrogen) atoms. The van der Waals surface area contributed by atoms with Crippen molar-refractivity contribution in [1.82, 2.24) is 15.0 Å². The van der Waals surface area contributed by atoms with Gasteiger partial charge in [0.25, 0.3) is 0 Å². The summed E-state index contributed by atoms with van der Waals surface area (Å²) in [5, 5.41) is 4.12. The number of ether oxygens (including phenoxy) is 1. The average molecular weight is 328 g/mol. The van der Waals surface area contributed by atoms with Crippen molar-refractivity contribution in [3.8, 4) is 0 Å². The van der Waals surface area contributed by atoms with Gasteiger partial charge in [0.1, 0.15) is 0 Å². The number of carbonyl (C=O) groups excluding carboxylic acids is 1. The van der Waals surface area contributed by atoms with Crippen LogP contribution in [0.4, 0.5) is 0 Å². The van der Waals surface area contributed by atoms with E-state index in [0.29, 0.717) is 31.2 Å². The van der Waals surface area contributed by atoms with Gasteiger partial charge in [-0.2, -0.15) is 0 Å². The highest BCUT2D eigenvalue weighted by Crippen LogP contribution is 2.25. The fourth-order valence-electron chi connectivity index (χ4n) is 3.36. The third kappa shape index (κ3) is 3.14. The zero-order chi connectivity index (χ0) is 15.7. The highest BCUT2D eigenvalue weighted by atomic mass is 35.5. The summed E-state index contributed by atoms with van der Waals surface area (Å²) in [6.45, 7) is 5.05. The number of piperidine rings is 1. The number of carbonyl (C=O) groups is 1. The van der Waals surface area contributed by atoms with E-state index < -0.39 is 0 Å². The number of amides is 1. The van der Waals surface area contributed by atoms with E-state index in [9.17, 15) is 4.79 Å². The zero-order valence-electron chi connectivity index (χ0n) is 13.0. The Bertz CT molecular complexity index is 529. The topological polar surface area (TPSA) is 58.8 Å². The molecule has 2 atom stereocenters. The van der Waals surface area contributed by atoms with Crippen molar-refractivity contribution in [2.45, 2.75) is 38.3 Å². The van der Waals surface area contributed by atoms with Crippen LogP contribution in [0.15, 0.2) is 4.52 Å². The normalized spacial score (nSPS) is 26.0. The zero-order valence-corrected chi connectivity index (χ0v) is 13.8. The Kier molecular flexibility index (Phi) is 4.70. The summed E-state index contributed by atoms with van der Waals surface area (Å²) in [6.07, 6.45) is 2.16. The fourth-order valence-corrected chi connectivity index (χ4v) is 3.62. The summed E-state index contributed by atoms with van der Waals surface area (Å²) in [5.74, 6) is 0.158. The second-order valence-electron chi connectivity index (χ2n) is 6.13. The van der Waals surface area contributed by atoms with E-state index in [4.69, 9.17) is 20.9 Å². The molecule has 2 aliphatic rings. The van der Waals surface area contributed by atoms with Crippen LogP contribution >= 0.6 is 11.6 Å². The van der Waals surface area contributed by atoms with E-state index in [1.807, 2.05) is 11.8 Å². The van der Waals surface area contributed by atoms with Crippen LogP contribution in [0.25, 0.3) is 0 Å². The molecule has 0 N–H and O–H groups in total. The van der Waals surface area contributed by atoms with E-state index in [1.54, 1.807) is 0 Å². The van der Waals surface area contributed by atoms with Gasteiger partial charge in [0.05, 0.1) is 24.4 Å². The van der Waals surface area contributed by atoms with Crippen LogP contribution < -0.4 is 0 Å². The first-order chi connectivity index (χ1) is 10.6. The van der Waals surface area contributed by atoms with E-state index in [0.717, 1.165) is 30.8 Å². The van der Waals surface area contributed by atoms with Crippen LogP contribution in [0.1, 0.15) is 24.1 Å². The average Bonchev–Trinajstić information content (AvgIpc) is 2.83. The smallest absolute Gasteiger partial charge is 0.229 e. The summed E-state index contributed by atoms with van der Waals surface area (Å²) in [4.78, 5) is 16.9. The van der Waals surface area contributed by atoms with E-state index in [1.165, 1.54) is 0 Å². The Morgan fingerprint density at radius 3 is 3.00 bits per heavy atom. The lowest BCUT2D eigenvalue weighted by molar-refractivity contribution is -0.151. The molecule has 0 radical (unpaired) electrons.